The van der Waals surface area contributed by atoms with Crippen LogP contribution in [0.4, 0.5) is 0 Å². The minimum absolute atomic E-state index is 0.0386. The van der Waals surface area contributed by atoms with Gasteiger partial charge in [-0.3, -0.25) is 4.79 Å². The standard InChI is InChI=1S/C5H7Cl2NO2/c6-4(7)2-1-3(8)5(9)10/h2-3H,1,8H2,(H,9,10)/t3-/m0/s1. The number of aliphatic carboxylic acids is 1. The van der Waals surface area contributed by atoms with E-state index in [1.165, 1.54) is 6.08 Å². The van der Waals surface area contributed by atoms with Gasteiger partial charge in [-0.15, -0.1) is 0 Å². The molecule has 58 valence electrons. The SMILES string of the molecule is N[C@@H](CC=C(Cl)Cl)C(=O)O. The van der Waals surface area contributed by atoms with Crippen molar-refractivity contribution < 1.29 is 9.90 Å². The van der Waals surface area contributed by atoms with Gasteiger partial charge in [0.1, 0.15) is 10.5 Å². The molecule has 0 saturated carbocycles. The van der Waals surface area contributed by atoms with Gasteiger partial charge in [-0.25, -0.2) is 0 Å². The Kier molecular flexibility index (Phi) is 4.43. The van der Waals surface area contributed by atoms with E-state index in [9.17, 15) is 4.79 Å². The van der Waals surface area contributed by atoms with Crippen molar-refractivity contribution in [2.75, 3.05) is 0 Å². The van der Waals surface area contributed by atoms with Gasteiger partial charge >= 0.3 is 5.97 Å². The van der Waals surface area contributed by atoms with Crippen LogP contribution >= 0.6 is 23.2 Å². The Balaban J connectivity index is 3.70. The number of rotatable bonds is 3. The number of carboxylic acids is 1. The molecule has 3 N–H and O–H groups in total. The lowest BCUT2D eigenvalue weighted by atomic mass is 10.2. The first kappa shape index (κ1) is 9.75. The highest BCUT2D eigenvalue weighted by Gasteiger charge is 2.08. The van der Waals surface area contributed by atoms with E-state index in [0.717, 1.165) is 0 Å². The minimum atomic E-state index is -1.06. The summed E-state index contributed by atoms with van der Waals surface area (Å²) in [4.78, 5) is 10.1. The third-order valence-corrected chi connectivity index (χ3v) is 1.15. The van der Waals surface area contributed by atoms with Gasteiger partial charge in [-0.1, -0.05) is 29.3 Å². The second-order valence-electron chi connectivity index (χ2n) is 1.67. The second-order valence-corrected chi connectivity index (χ2v) is 2.68. The van der Waals surface area contributed by atoms with E-state index in [0.29, 0.717) is 0 Å². The summed E-state index contributed by atoms with van der Waals surface area (Å²) in [7, 11) is 0. The third kappa shape index (κ3) is 4.61. The maximum atomic E-state index is 10.1. The molecule has 10 heavy (non-hydrogen) atoms. The summed E-state index contributed by atoms with van der Waals surface area (Å²) in [5.74, 6) is -1.06. The molecule has 0 spiro atoms. The molecule has 0 amide bonds. The van der Waals surface area contributed by atoms with Crippen molar-refractivity contribution in [1.82, 2.24) is 0 Å². The van der Waals surface area contributed by atoms with E-state index >= 15 is 0 Å². The van der Waals surface area contributed by atoms with Gasteiger partial charge in [0.25, 0.3) is 0 Å². The van der Waals surface area contributed by atoms with Crippen LogP contribution in [-0.4, -0.2) is 17.1 Å². The predicted octanol–water partition coefficient (Wildman–Crippen LogP) is 1.11. The summed E-state index contributed by atoms with van der Waals surface area (Å²) < 4.78 is 0.0386. The average Bonchev–Trinajstić information content (AvgIpc) is 1.82. The Morgan fingerprint density at radius 1 is 1.70 bits per heavy atom. The number of hydrogen-bond acceptors (Lipinski definition) is 2. The van der Waals surface area contributed by atoms with Crippen LogP contribution in [0.25, 0.3) is 0 Å². The zero-order valence-corrected chi connectivity index (χ0v) is 6.56. The first-order valence-electron chi connectivity index (χ1n) is 2.53. The van der Waals surface area contributed by atoms with Gasteiger partial charge in [-0.05, 0) is 6.42 Å². The van der Waals surface area contributed by atoms with Crippen molar-refractivity contribution in [2.45, 2.75) is 12.5 Å². The number of carboxylic acid groups (broad SMARTS) is 1. The van der Waals surface area contributed by atoms with Crippen molar-refractivity contribution in [3.05, 3.63) is 10.6 Å². The molecular weight excluding hydrogens is 177 g/mol. The Labute approximate surface area is 68.4 Å². The summed E-state index contributed by atoms with van der Waals surface area (Å²) >= 11 is 10.4. The maximum absolute atomic E-state index is 10.1. The quantitative estimate of drug-likeness (QED) is 0.690. The fourth-order valence-corrected chi connectivity index (χ4v) is 0.495. The van der Waals surface area contributed by atoms with Crippen LogP contribution in [0.3, 0.4) is 0 Å². The zero-order chi connectivity index (χ0) is 8.15. The molecular formula is C5H7Cl2NO2. The van der Waals surface area contributed by atoms with Gasteiger partial charge in [0.2, 0.25) is 0 Å². The van der Waals surface area contributed by atoms with E-state index < -0.39 is 12.0 Å². The summed E-state index contributed by atoms with van der Waals surface area (Å²) in [5, 5.41) is 8.25. The Morgan fingerprint density at radius 2 is 2.20 bits per heavy atom. The Bertz CT molecular complexity index is 154. The largest absolute Gasteiger partial charge is 0.480 e. The number of halogens is 2. The maximum Gasteiger partial charge on any atom is 0.320 e. The molecule has 0 radical (unpaired) electrons. The van der Waals surface area contributed by atoms with Crippen molar-refractivity contribution >= 4 is 29.2 Å². The summed E-state index contributed by atoms with van der Waals surface area (Å²) in [6.45, 7) is 0. The first-order valence-corrected chi connectivity index (χ1v) is 3.29. The molecule has 0 aliphatic heterocycles. The molecule has 3 nitrogen and oxygen atoms in total. The van der Waals surface area contributed by atoms with Gasteiger partial charge in [0, 0.05) is 0 Å². The molecule has 0 saturated heterocycles. The van der Waals surface area contributed by atoms with Crippen molar-refractivity contribution in [3.8, 4) is 0 Å². The van der Waals surface area contributed by atoms with Crippen molar-refractivity contribution in [2.24, 2.45) is 5.73 Å². The first-order chi connectivity index (χ1) is 4.54. The van der Waals surface area contributed by atoms with Crippen LogP contribution in [0.15, 0.2) is 10.6 Å². The highest BCUT2D eigenvalue weighted by molar-refractivity contribution is 6.55. The van der Waals surface area contributed by atoms with E-state index in [1.54, 1.807) is 0 Å². The Hall–Kier alpha value is -0.250. The van der Waals surface area contributed by atoms with Crippen molar-refractivity contribution in [3.63, 3.8) is 0 Å². The van der Waals surface area contributed by atoms with Gasteiger partial charge in [-0.2, -0.15) is 0 Å². The van der Waals surface area contributed by atoms with E-state index in [4.69, 9.17) is 34.0 Å². The normalized spacial score (nSPS) is 12.3. The van der Waals surface area contributed by atoms with Crippen LogP contribution in [-0.2, 0) is 4.79 Å². The predicted molar refractivity (Wildman–Crippen MR) is 40.0 cm³/mol. The van der Waals surface area contributed by atoms with Crippen molar-refractivity contribution in [1.29, 1.82) is 0 Å². The number of carbonyl (C=O) groups is 1. The molecule has 0 heterocycles. The second kappa shape index (κ2) is 4.55. The Morgan fingerprint density at radius 3 is 2.50 bits per heavy atom. The third-order valence-electron chi connectivity index (χ3n) is 0.843. The zero-order valence-electron chi connectivity index (χ0n) is 5.05. The smallest absolute Gasteiger partial charge is 0.320 e. The van der Waals surface area contributed by atoms with Crippen LogP contribution < -0.4 is 5.73 Å². The molecule has 0 unspecified atom stereocenters. The molecule has 0 aliphatic carbocycles. The number of nitrogens with two attached hydrogens (primary N) is 1. The lowest BCUT2D eigenvalue weighted by Crippen LogP contribution is -2.29. The van der Waals surface area contributed by atoms with Crippen LogP contribution in [0.1, 0.15) is 6.42 Å². The topological polar surface area (TPSA) is 63.3 Å². The highest BCUT2D eigenvalue weighted by atomic mass is 35.5. The van der Waals surface area contributed by atoms with Gasteiger partial charge in [0.15, 0.2) is 0 Å². The van der Waals surface area contributed by atoms with Crippen LogP contribution in [0.5, 0.6) is 0 Å². The van der Waals surface area contributed by atoms with Gasteiger partial charge in [0.05, 0.1) is 0 Å². The summed E-state index contributed by atoms with van der Waals surface area (Å²) in [5.41, 5.74) is 5.10. The molecule has 0 aliphatic rings. The lowest BCUT2D eigenvalue weighted by Gasteiger charge is -1.99. The minimum Gasteiger partial charge on any atom is -0.480 e. The summed E-state index contributed by atoms with van der Waals surface area (Å²) in [6, 6.07) is -0.924. The molecule has 1 atom stereocenters. The lowest BCUT2D eigenvalue weighted by molar-refractivity contribution is -0.138. The molecule has 5 heteroatoms. The summed E-state index contributed by atoms with van der Waals surface area (Å²) in [6.07, 6.45) is 1.50. The van der Waals surface area contributed by atoms with Gasteiger partial charge < -0.3 is 10.8 Å². The average molecular weight is 184 g/mol. The molecule has 0 fully saturated rings. The molecule has 0 aromatic heterocycles. The fraction of sp³-hybridized carbons (Fsp3) is 0.400. The molecule has 0 rings (SSSR count). The number of hydrogen-bond donors (Lipinski definition) is 2. The fourth-order valence-electron chi connectivity index (χ4n) is 0.317. The molecule has 0 aromatic rings. The van der Waals surface area contributed by atoms with Crippen LogP contribution in [0.2, 0.25) is 0 Å². The van der Waals surface area contributed by atoms with E-state index in [2.05, 4.69) is 0 Å². The molecule has 0 aromatic carbocycles. The van der Waals surface area contributed by atoms with Crippen LogP contribution in [0, 0.1) is 0 Å². The molecule has 0 bridgehead atoms. The monoisotopic (exact) mass is 183 g/mol. The van der Waals surface area contributed by atoms with E-state index in [1.807, 2.05) is 0 Å². The highest BCUT2D eigenvalue weighted by Crippen LogP contribution is 2.07. The van der Waals surface area contributed by atoms with E-state index in [-0.39, 0.29) is 10.9 Å².